The van der Waals surface area contributed by atoms with Gasteiger partial charge >= 0.3 is 5.97 Å². The van der Waals surface area contributed by atoms with Gasteiger partial charge in [0, 0.05) is 17.7 Å². The van der Waals surface area contributed by atoms with Crippen LogP contribution in [0.25, 0.3) is 6.08 Å². The highest BCUT2D eigenvalue weighted by molar-refractivity contribution is 6.24. The highest BCUT2D eigenvalue weighted by Crippen LogP contribution is 2.24. The number of nitrogens with zero attached hydrogens (tertiary/aromatic N) is 2. The van der Waals surface area contributed by atoms with Crippen LogP contribution in [0.1, 0.15) is 18.1 Å². The summed E-state index contributed by atoms with van der Waals surface area (Å²) in [5.74, 6) is 0.0866. The topological polar surface area (TPSA) is 91.0 Å². The molecule has 0 saturated heterocycles. The molecule has 0 bridgehead atoms. The number of rotatable bonds is 5. The smallest absolute Gasteiger partial charge is 0.367 e. The number of ether oxygens (including phenoxy) is 1. The molecule has 7 heteroatoms. The van der Waals surface area contributed by atoms with Crippen molar-refractivity contribution in [2.45, 2.75) is 13.5 Å². The summed E-state index contributed by atoms with van der Waals surface area (Å²) in [6.45, 7) is 1.94. The predicted molar refractivity (Wildman–Crippen MR) is 91.0 cm³/mol. The van der Waals surface area contributed by atoms with Gasteiger partial charge in [-0.15, -0.1) is 0 Å². The lowest BCUT2D eigenvalue weighted by Crippen LogP contribution is -2.03. The van der Waals surface area contributed by atoms with Gasteiger partial charge < -0.3 is 9.57 Å². The number of nitro benzene ring substituents is 1. The van der Waals surface area contributed by atoms with E-state index in [1.807, 2.05) is 18.2 Å². The summed E-state index contributed by atoms with van der Waals surface area (Å²) >= 11 is 0. The Morgan fingerprint density at radius 1 is 1.20 bits per heavy atom. The van der Waals surface area contributed by atoms with Crippen LogP contribution < -0.4 is 4.74 Å². The number of hydrogen-bond acceptors (Lipinski definition) is 6. The molecule has 0 amide bonds. The lowest BCUT2D eigenvalue weighted by molar-refractivity contribution is -0.384. The van der Waals surface area contributed by atoms with E-state index in [-0.39, 0.29) is 12.3 Å². The third kappa shape index (κ3) is 3.72. The average molecular weight is 338 g/mol. The Morgan fingerprint density at radius 2 is 1.92 bits per heavy atom. The van der Waals surface area contributed by atoms with Gasteiger partial charge in [0.05, 0.1) is 16.2 Å². The molecular formula is C18H14N2O5. The maximum Gasteiger partial charge on any atom is 0.367 e. The van der Waals surface area contributed by atoms with Crippen molar-refractivity contribution in [1.82, 2.24) is 0 Å². The normalized spacial score (nSPS) is 15.0. The summed E-state index contributed by atoms with van der Waals surface area (Å²) in [5, 5.41) is 14.3. The second-order valence-corrected chi connectivity index (χ2v) is 5.36. The van der Waals surface area contributed by atoms with E-state index in [4.69, 9.17) is 4.74 Å². The van der Waals surface area contributed by atoms with Crippen molar-refractivity contribution in [1.29, 1.82) is 0 Å². The molecule has 0 radical (unpaired) electrons. The first-order valence-corrected chi connectivity index (χ1v) is 7.48. The van der Waals surface area contributed by atoms with Crippen LogP contribution in [-0.2, 0) is 16.2 Å². The number of hydrogen-bond donors (Lipinski definition) is 0. The summed E-state index contributed by atoms with van der Waals surface area (Å²) in [4.78, 5) is 26.5. The zero-order chi connectivity index (χ0) is 17.8. The van der Waals surface area contributed by atoms with E-state index >= 15 is 0 Å². The van der Waals surface area contributed by atoms with E-state index in [2.05, 4.69) is 9.99 Å². The predicted octanol–water partition coefficient (Wildman–Crippen LogP) is 3.49. The standard InChI is InChI=1S/C18H14N2O5/c1-12-16(18(21)25-19-12)10-14-4-2-3-5-17(14)24-11-13-6-8-15(9-7-13)20(22)23/h2-10H,11H2,1H3/b16-10+. The van der Waals surface area contributed by atoms with Crippen LogP contribution in [0.5, 0.6) is 5.75 Å². The lowest BCUT2D eigenvalue weighted by atomic mass is 10.1. The fraction of sp³-hybridized carbons (Fsp3) is 0.111. The number of carbonyl (C=O) groups is 1. The minimum Gasteiger partial charge on any atom is -0.488 e. The van der Waals surface area contributed by atoms with E-state index in [0.29, 0.717) is 22.6 Å². The second kappa shape index (κ2) is 6.96. The Hall–Kier alpha value is -3.48. The summed E-state index contributed by atoms with van der Waals surface area (Å²) in [5.41, 5.74) is 2.43. The molecule has 2 aromatic carbocycles. The number of oxime groups is 1. The number of para-hydroxylation sites is 1. The van der Waals surface area contributed by atoms with Gasteiger partial charge in [-0.25, -0.2) is 4.79 Å². The number of non-ortho nitro benzene ring substituents is 1. The molecule has 0 fully saturated rings. The summed E-state index contributed by atoms with van der Waals surface area (Å²) < 4.78 is 5.80. The molecule has 2 aromatic rings. The fourth-order valence-electron chi connectivity index (χ4n) is 2.28. The molecule has 1 aliphatic heterocycles. The molecule has 1 heterocycles. The molecule has 1 aliphatic rings. The maximum absolute atomic E-state index is 11.7. The van der Waals surface area contributed by atoms with Gasteiger partial charge in [0.15, 0.2) is 0 Å². The van der Waals surface area contributed by atoms with Gasteiger partial charge in [-0.05, 0) is 36.8 Å². The number of benzene rings is 2. The molecule has 0 aliphatic carbocycles. The summed E-state index contributed by atoms with van der Waals surface area (Å²) in [6.07, 6.45) is 1.67. The van der Waals surface area contributed by atoms with Crippen LogP contribution in [-0.4, -0.2) is 16.6 Å². The van der Waals surface area contributed by atoms with Gasteiger partial charge in [-0.1, -0.05) is 23.4 Å². The maximum atomic E-state index is 11.7. The molecule has 0 aromatic heterocycles. The van der Waals surface area contributed by atoms with E-state index < -0.39 is 10.9 Å². The van der Waals surface area contributed by atoms with E-state index in [1.165, 1.54) is 12.1 Å². The SMILES string of the molecule is CC1=NOC(=O)/C1=C/c1ccccc1OCc1ccc([N+](=O)[O-])cc1. The second-order valence-electron chi connectivity index (χ2n) is 5.36. The zero-order valence-electron chi connectivity index (χ0n) is 13.3. The molecule has 0 atom stereocenters. The molecule has 25 heavy (non-hydrogen) atoms. The molecule has 126 valence electrons. The van der Waals surface area contributed by atoms with Crippen molar-refractivity contribution in [2.24, 2.45) is 5.16 Å². The molecule has 7 nitrogen and oxygen atoms in total. The van der Waals surface area contributed by atoms with Crippen molar-refractivity contribution in [3.05, 3.63) is 75.3 Å². The van der Waals surface area contributed by atoms with Gasteiger partial charge in [0.25, 0.3) is 5.69 Å². The largest absolute Gasteiger partial charge is 0.488 e. The molecule has 0 spiro atoms. The minimum atomic E-state index is -0.498. The third-order valence-electron chi connectivity index (χ3n) is 3.64. The molecule has 0 unspecified atom stereocenters. The van der Waals surface area contributed by atoms with Crippen LogP contribution >= 0.6 is 0 Å². The first-order chi connectivity index (χ1) is 12.0. The number of nitro groups is 1. The first kappa shape index (κ1) is 16.4. The molecule has 0 N–H and O–H groups in total. The van der Waals surface area contributed by atoms with Crippen LogP contribution in [0, 0.1) is 10.1 Å². The highest BCUT2D eigenvalue weighted by atomic mass is 16.7. The van der Waals surface area contributed by atoms with Gasteiger partial charge in [-0.3, -0.25) is 10.1 Å². The van der Waals surface area contributed by atoms with E-state index in [9.17, 15) is 14.9 Å². The summed E-state index contributed by atoms with van der Waals surface area (Å²) in [7, 11) is 0. The van der Waals surface area contributed by atoms with E-state index in [0.717, 1.165) is 5.56 Å². The Bertz CT molecular complexity index is 885. The zero-order valence-corrected chi connectivity index (χ0v) is 13.3. The highest BCUT2D eigenvalue weighted by Gasteiger charge is 2.22. The van der Waals surface area contributed by atoms with Gasteiger partial charge in [0.1, 0.15) is 12.4 Å². The van der Waals surface area contributed by atoms with Crippen molar-refractivity contribution in [3.8, 4) is 5.75 Å². The van der Waals surface area contributed by atoms with Gasteiger partial charge in [0.2, 0.25) is 0 Å². The lowest BCUT2D eigenvalue weighted by Gasteiger charge is -2.09. The Kier molecular flexibility index (Phi) is 4.56. The monoisotopic (exact) mass is 338 g/mol. The molecule has 0 saturated carbocycles. The van der Waals surface area contributed by atoms with Crippen molar-refractivity contribution < 1.29 is 19.3 Å². The fourth-order valence-corrected chi connectivity index (χ4v) is 2.28. The summed E-state index contributed by atoms with van der Waals surface area (Å²) in [6, 6.07) is 13.4. The van der Waals surface area contributed by atoms with Gasteiger partial charge in [-0.2, -0.15) is 0 Å². The Balaban J connectivity index is 1.77. The Labute approximate surface area is 143 Å². The minimum absolute atomic E-state index is 0.0309. The van der Waals surface area contributed by atoms with Crippen LogP contribution in [0.2, 0.25) is 0 Å². The third-order valence-corrected chi connectivity index (χ3v) is 3.64. The van der Waals surface area contributed by atoms with Crippen molar-refractivity contribution in [3.63, 3.8) is 0 Å². The molecule has 3 rings (SSSR count). The van der Waals surface area contributed by atoms with Crippen molar-refractivity contribution in [2.75, 3.05) is 0 Å². The van der Waals surface area contributed by atoms with Crippen LogP contribution in [0.3, 0.4) is 0 Å². The average Bonchev–Trinajstić information content (AvgIpc) is 2.93. The first-order valence-electron chi connectivity index (χ1n) is 7.48. The van der Waals surface area contributed by atoms with Crippen molar-refractivity contribution >= 4 is 23.4 Å². The number of carbonyl (C=O) groups excluding carboxylic acids is 1. The van der Waals surface area contributed by atoms with E-state index in [1.54, 1.807) is 31.2 Å². The van der Waals surface area contributed by atoms with Crippen LogP contribution in [0.15, 0.2) is 59.3 Å². The quantitative estimate of drug-likeness (QED) is 0.360. The van der Waals surface area contributed by atoms with Crippen LogP contribution in [0.4, 0.5) is 5.69 Å². The Morgan fingerprint density at radius 3 is 2.56 bits per heavy atom. The molecular weight excluding hydrogens is 324 g/mol.